The smallest absolute Gasteiger partial charge is 0.289 e. The van der Waals surface area contributed by atoms with Crippen LogP contribution in [0.3, 0.4) is 0 Å². The van der Waals surface area contributed by atoms with E-state index >= 15 is 0 Å². The Morgan fingerprint density at radius 2 is 1.70 bits per heavy atom. The molecular formula is C13H9Cl3N2O2. The van der Waals surface area contributed by atoms with Crippen molar-refractivity contribution in [1.29, 1.82) is 0 Å². The van der Waals surface area contributed by atoms with Gasteiger partial charge in [0.15, 0.2) is 0 Å². The first-order chi connectivity index (χ1) is 9.47. The number of hydrogen-bond acceptors (Lipinski definition) is 3. The molecule has 0 saturated heterocycles. The summed E-state index contributed by atoms with van der Waals surface area (Å²) in [5.41, 5.74) is 1.38. The highest BCUT2D eigenvalue weighted by atomic mass is 35.5. The SMILES string of the molecule is O=[N+]([O-])c1cc(NCc2ccc(Cl)c(Cl)c2)ccc1Cl. The highest BCUT2D eigenvalue weighted by Gasteiger charge is 2.12. The average molecular weight is 332 g/mol. The molecule has 0 aliphatic carbocycles. The van der Waals surface area contributed by atoms with E-state index < -0.39 is 4.92 Å². The topological polar surface area (TPSA) is 55.2 Å². The van der Waals surface area contributed by atoms with Gasteiger partial charge in [0.25, 0.3) is 5.69 Å². The molecule has 0 aliphatic heterocycles. The third-order valence-electron chi connectivity index (χ3n) is 2.62. The van der Waals surface area contributed by atoms with Crippen molar-refractivity contribution >= 4 is 46.2 Å². The summed E-state index contributed by atoms with van der Waals surface area (Å²) in [4.78, 5) is 10.3. The van der Waals surface area contributed by atoms with E-state index in [2.05, 4.69) is 5.32 Å². The minimum atomic E-state index is -0.521. The van der Waals surface area contributed by atoms with Gasteiger partial charge in [-0.2, -0.15) is 0 Å². The van der Waals surface area contributed by atoms with Crippen LogP contribution in [-0.4, -0.2) is 4.92 Å². The van der Waals surface area contributed by atoms with Gasteiger partial charge in [0.2, 0.25) is 0 Å². The summed E-state index contributed by atoms with van der Waals surface area (Å²) in [6.45, 7) is 0.468. The lowest BCUT2D eigenvalue weighted by molar-refractivity contribution is -0.384. The number of nitrogens with one attached hydrogen (secondary N) is 1. The van der Waals surface area contributed by atoms with Crippen molar-refractivity contribution < 1.29 is 4.92 Å². The molecule has 0 bridgehead atoms. The highest BCUT2D eigenvalue weighted by Crippen LogP contribution is 2.28. The normalized spacial score (nSPS) is 10.3. The van der Waals surface area contributed by atoms with Crippen molar-refractivity contribution in [2.45, 2.75) is 6.54 Å². The zero-order chi connectivity index (χ0) is 14.7. The molecule has 0 amide bonds. The van der Waals surface area contributed by atoms with Crippen molar-refractivity contribution in [3.63, 3.8) is 0 Å². The summed E-state index contributed by atoms with van der Waals surface area (Å²) in [7, 11) is 0. The number of benzene rings is 2. The van der Waals surface area contributed by atoms with Gasteiger partial charge in [0.05, 0.1) is 15.0 Å². The maximum absolute atomic E-state index is 10.8. The molecule has 0 radical (unpaired) electrons. The molecule has 104 valence electrons. The fraction of sp³-hybridized carbons (Fsp3) is 0.0769. The van der Waals surface area contributed by atoms with Gasteiger partial charge in [-0.1, -0.05) is 40.9 Å². The number of anilines is 1. The second-order valence-corrected chi connectivity index (χ2v) is 5.25. The van der Waals surface area contributed by atoms with E-state index in [1.807, 2.05) is 6.07 Å². The molecule has 0 fully saturated rings. The quantitative estimate of drug-likeness (QED) is 0.621. The fourth-order valence-electron chi connectivity index (χ4n) is 1.62. The summed E-state index contributed by atoms with van der Waals surface area (Å²) in [5, 5.41) is 14.9. The maximum atomic E-state index is 10.8. The Hall–Kier alpha value is -1.49. The van der Waals surface area contributed by atoms with Crippen LogP contribution in [0.2, 0.25) is 15.1 Å². The molecule has 4 nitrogen and oxygen atoms in total. The van der Waals surface area contributed by atoms with Gasteiger partial charge in [-0.05, 0) is 29.8 Å². The van der Waals surface area contributed by atoms with Crippen LogP contribution in [0.4, 0.5) is 11.4 Å². The first-order valence-electron chi connectivity index (χ1n) is 5.59. The molecule has 2 aromatic rings. The molecule has 0 saturated carbocycles. The third-order valence-corrected chi connectivity index (χ3v) is 3.68. The van der Waals surface area contributed by atoms with Crippen molar-refractivity contribution in [2.75, 3.05) is 5.32 Å². The van der Waals surface area contributed by atoms with E-state index in [-0.39, 0.29) is 10.7 Å². The van der Waals surface area contributed by atoms with Crippen molar-refractivity contribution in [3.8, 4) is 0 Å². The fourth-order valence-corrected chi connectivity index (χ4v) is 2.12. The Bertz CT molecular complexity index is 662. The van der Waals surface area contributed by atoms with Crippen LogP contribution >= 0.6 is 34.8 Å². The summed E-state index contributed by atoms with van der Waals surface area (Å²) in [6.07, 6.45) is 0. The zero-order valence-corrected chi connectivity index (χ0v) is 12.3. The lowest BCUT2D eigenvalue weighted by atomic mass is 10.2. The van der Waals surface area contributed by atoms with Gasteiger partial charge in [0.1, 0.15) is 5.02 Å². The second kappa shape index (κ2) is 6.31. The van der Waals surface area contributed by atoms with Gasteiger partial charge in [-0.25, -0.2) is 0 Å². The molecule has 0 heterocycles. The van der Waals surface area contributed by atoms with Gasteiger partial charge >= 0.3 is 0 Å². The molecule has 0 unspecified atom stereocenters. The lowest BCUT2D eigenvalue weighted by Gasteiger charge is -2.08. The molecule has 0 spiro atoms. The van der Waals surface area contributed by atoms with E-state index in [0.29, 0.717) is 22.3 Å². The van der Waals surface area contributed by atoms with Crippen LogP contribution in [0.1, 0.15) is 5.56 Å². The molecule has 20 heavy (non-hydrogen) atoms. The minimum absolute atomic E-state index is 0.107. The zero-order valence-electron chi connectivity index (χ0n) is 10.1. The Kier molecular flexibility index (Phi) is 4.70. The Morgan fingerprint density at radius 3 is 2.35 bits per heavy atom. The van der Waals surface area contributed by atoms with Gasteiger partial charge in [-0.3, -0.25) is 10.1 Å². The molecule has 0 atom stereocenters. The molecule has 0 aliphatic rings. The average Bonchev–Trinajstić information content (AvgIpc) is 2.41. The molecule has 2 aromatic carbocycles. The number of rotatable bonds is 4. The predicted octanol–water partition coefficient (Wildman–Crippen LogP) is 5.17. The molecule has 0 aromatic heterocycles. The van der Waals surface area contributed by atoms with Gasteiger partial charge in [0, 0.05) is 18.3 Å². The van der Waals surface area contributed by atoms with Crippen LogP contribution in [0, 0.1) is 10.1 Å². The second-order valence-electron chi connectivity index (χ2n) is 4.03. The molecule has 2 rings (SSSR count). The van der Waals surface area contributed by atoms with E-state index in [1.54, 1.807) is 18.2 Å². The van der Waals surface area contributed by atoms with Crippen LogP contribution < -0.4 is 5.32 Å². The Labute approximate surface area is 130 Å². The standard InChI is InChI=1S/C13H9Cl3N2O2/c14-10-3-1-8(5-12(10)16)7-17-9-2-4-11(15)13(6-9)18(19)20/h1-6,17H,7H2. The largest absolute Gasteiger partial charge is 0.381 e. The third kappa shape index (κ3) is 3.54. The maximum Gasteiger partial charge on any atom is 0.289 e. The van der Waals surface area contributed by atoms with Crippen LogP contribution in [0.5, 0.6) is 0 Å². The first-order valence-corrected chi connectivity index (χ1v) is 6.72. The van der Waals surface area contributed by atoms with Gasteiger partial charge in [-0.15, -0.1) is 0 Å². The molecule has 7 heteroatoms. The number of hydrogen-bond donors (Lipinski definition) is 1. The Balaban J connectivity index is 2.12. The lowest BCUT2D eigenvalue weighted by Crippen LogP contribution is -2.00. The molecular weight excluding hydrogens is 323 g/mol. The predicted molar refractivity (Wildman–Crippen MR) is 81.9 cm³/mol. The van der Waals surface area contributed by atoms with E-state index in [4.69, 9.17) is 34.8 Å². The number of halogens is 3. The summed E-state index contributed by atoms with van der Waals surface area (Å²) >= 11 is 17.5. The number of nitro benzene ring substituents is 1. The Morgan fingerprint density at radius 1 is 1.00 bits per heavy atom. The van der Waals surface area contributed by atoms with Crippen LogP contribution in [-0.2, 0) is 6.54 Å². The van der Waals surface area contributed by atoms with Crippen LogP contribution in [0.25, 0.3) is 0 Å². The number of nitrogens with zero attached hydrogens (tertiary/aromatic N) is 1. The van der Waals surface area contributed by atoms with Gasteiger partial charge < -0.3 is 5.32 Å². The van der Waals surface area contributed by atoms with Crippen molar-refractivity contribution in [1.82, 2.24) is 0 Å². The summed E-state index contributed by atoms with van der Waals surface area (Å²) in [5.74, 6) is 0. The van der Waals surface area contributed by atoms with E-state index in [1.165, 1.54) is 12.1 Å². The van der Waals surface area contributed by atoms with E-state index in [9.17, 15) is 10.1 Å². The van der Waals surface area contributed by atoms with Crippen LogP contribution in [0.15, 0.2) is 36.4 Å². The molecule has 1 N–H and O–H groups in total. The highest BCUT2D eigenvalue weighted by molar-refractivity contribution is 6.42. The van der Waals surface area contributed by atoms with Crippen molar-refractivity contribution in [2.24, 2.45) is 0 Å². The summed E-state index contributed by atoms with van der Waals surface area (Å²) in [6, 6.07) is 9.81. The number of nitro groups is 1. The van der Waals surface area contributed by atoms with E-state index in [0.717, 1.165) is 5.56 Å². The monoisotopic (exact) mass is 330 g/mol. The summed E-state index contributed by atoms with van der Waals surface area (Å²) < 4.78 is 0. The van der Waals surface area contributed by atoms with Crippen molar-refractivity contribution in [3.05, 3.63) is 67.1 Å². The minimum Gasteiger partial charge on any atom is -0.381 e. The first kappa shape index (κ1) is 14.9.